The van der Waals surface area contributed by atoms with E-state index in [-0.39, 0.29) is 5.91 Å². The molecule has 1 heterocycles. The van der Waals surface area contributed by atoms with E-state index >= 15 is 0 Å². The van der Waals surface area contributed by atoms with Gasteiger partial charge in [0.15, 0.2) is 0 Å². The van der Waals surface area contributed by atoms with Gasteiger partial charge in [0.1, 0.15) is 0 Å². The fourth-order valence-corrected chi connectivity index (χ4v) is 1.76. The maximum absolute atomic E-state index is 11.9. The van der Waals surface area contributed by atoms with Gasteiger partial charge in [0, 0.05) is 11.9 Å². The summed E-state index contributed by atoms with van der Waals surface area (Å²) in [5.74, 6) is -0.136. The molecular formula is C13H15N3O. The van der Waals surface area contributed by atoms with Crippen LogP contribution in [0.15, 0.2) is 30.6 Å². The summed E-state index contributed by atoms with van der Waals surface area (Å²) in [6, 6.07) is 6.02. The summed E-state index contributed by atoms with van der Waals surface area (Å²) in [6.45, 7) is 4.06. The first-order valence-corrected chi connectivity index (χ1v) is 5.61. The Bertz CT molecular complexity index is 517. The first-order valence-electron chi connectivity index (χ1n) is 5.61. The van der Waals surface area contributed by atoms with Gasteiger partial charge in [-0.05, 0) is 24.5 Å². The predicted molar refractivity (Wildman–Crippen MR) is 67.1 cm³/mol. The molecule has 2 aromatic rings. The number of carbonyl (C=O) groups is 1. The molecule has 0 saturated heterocycles. The predicted octanol–water partition coefficient (Wildman–Crippen LogP) is 2.53. The molecule has 0 unspecified atom stereocenters. The highest BCUT2D eigenvalue weighted by atomic mass is 16.1. The number of aromatic nitrogens is 2. The van der Waals surface area contributed by atoms with Crippen LogP contribution in [0.2, 0.25) is 0 Å². The fourth-order valence-electron chi connectivity index (χ4n) is 1.76. The summed E-state index contributed by atoms with van der Waals surface area (Å²) in [7, 11) is 0. The Morgan fingerprint density at radius 2 is 2.29 bits per heavy atom. The summed E-state index contributed by atoms with van der Waals surface area (Å²) in [5, 5.41) is 9.33. The van der Waals surface area contributed by atoms with Gasteiger partial charge in [-0.15, -0.1) is 0 Å². The average Bonchev–Trinajstić information content (AvgIpc) is 2.85. The van der Waals surface area contributed by atoms with Crippen LogP contribution in [0.4, 0.5) is 5.69 Å². The van der Waals surface area contributed by atoms with Crippen LogP contribution in [-0.2, 0) is 6.42 Å². The molecule has 88 valence electrons. The number of hydrogen-bond donors (Lipinski definition) is 2. The third-order valence-corrected chi connectivity index (χ3v) is 2.74. The SMILES string of the molecule is CCc1cccc(C)c1NC(=O)c1cn[nH]c1. The van der Waals surface area contributed by atoms with Gasteiger partial charge in [-0.25, -0.2) is 0 Å². The Morgan fingerprint density at radius 3 is 2.94 bits per heavy atom. The maximum Gasteiger partial charge on any atom is 0.258 e. The molecule has 0 aliphatic heterocycles. The molecular weight excluding hydrogens is 214 g/mol. The zero-order valence-electron chi connectivity index (χ0n) is 9.95. The number of benzene rings is 1. The van der Waals surface area contributed by atoms with E-state index in [1.807, 2.05) is 25.1 Å². The number of rotatable bonds is 3. The number of nitrogens with one attached hydrogen (secondary N) is 2. The van der Waals surface area contributed by atoms with Crippen molar-refractivity contribution in [1.82, 2.24) is 10.2 Å². The Hall–Kier alpha value is -2.10. The number of para-hydroxylation sites is 1. The molecule has 0 fully saturated rings. The molecule has 0 aliphatic carbocycles. The van der Waals surface area contributed by atoms with E-state index in [1.165, 1.54) is 6.20 Å². The van der Waals surface area contributed by atoms with Crippen molar-refractivity contribution < 1.29 is 4.79 Å². The topological polar surface area (TPSA) is 57.8 Å². The van der Waals surface area contributed by atoms with Gasteiger partial charge < -0.3 is 5.32 Å². The van der Waals surface area contributed by atoms with E-state index in [0.29, 0.717) is 5.56 Å². The minimum Gasteiger partial charge on any atom is -0.321 e. The van der Waals surface area contributed by atoms with Crippen molar-refractivity contribution in [2.24, 2.45) is 0 Å². The van der Waals surface area contributed by atoms with E-state index in [2.05, 4.69) is 22.4 Å². The molecule has 2 N–H and O–H groups in total. The van der Waals surface area contributed by atoms with Gasteiger partial charge >= 0.3 is 0 Å². The van der Waals surface area contributed by atoms with Gasteiger partial charge in [-0.1, -0.05) is 25.1 Å². The molecule has 1 aromatic heterocycles. The van der Waals surface area contributed by atoms with Crippen molar-refractivity contribution in [3.63, 3.8) is 0 Å². The summed E-state index contributed by atoms with van der Waals surface area (Å²) in [6.07, 6.45) is 3.99. The maximum atomic E-state index is 11.9. The summed E-state index contributed by atoms with van der Waals surface area (Å²) in [5.41, 5.74) is 3.65. The fraction of sp³-hybridized carbons (Fsp3) is 0.231. The normalized spacial score (nSPS) is 10.2. The van der Waals surface area contributed by atoms with Gasteiger partial charge in [0.05, 0.1) is 11.8 Å². The molecule has 0 spiro atoms. The number of anilines is 1. The molecule has 0 aliphatic rings. The molecule has 1 aromatic carbocycles. The lowest BCUT2D eigenvalue weighted by molar-refractivity contribution is 0.102. The van der Waals surface area contributed by atoms with Gasteiger partial charge in [-0.2, -0.15) is 5.10 Å². The zero-order chi connectivity index (χ0) is 12.3. The van der Waals surface area contributed by atoms with E-state index in [9.17, 15) is 4.79 Å². The lowest BCUT2D eigenvalue weighted by atomic mass is 10.1. The number of carbonyl (C=O) groups excluding carboxylic acids is 1. The van der Waals surface area contributed by atoms with E-state index < -0.39 is 0 Å². The smallest absolute Gasteiger partial charge is 0.258 e. The van der Waals surface area contributed by atoms with Crippen LogP contribution in [-0.4, -0.2) is 16.1 Å². The van der Waals surface area contributed by atoms with E-state index in [1.54, 1.807) is 6.20 Å². The van der Waals surface area contributed by atoms with Crippen LogP contribution in [0.25, 0.3) is 0 Å². The number of H-pyrrole nitrogens is 1. The number of amides is 1. The second-order valence-corrected chi connectivity index (χ2v) is 3.90. The largest absolute Gasteiger partial charge is 0.321 e. The number of hydrogen-bond acceptors (Lipinski definition) is 2. The Morgan fingerprint density at radius 1 is 1.47 bits per heavy atom. The summed E-state index contributed by atoms with van der Waals surface area (Å²) >= 11 is 0. The van der Waals surface area contributed by atoms with Crippen LogP contribution in [0, 0.1) is 6.92 Å². The second-order valence-electron chi connectivity index (χ2n) is 3.90. The highest BCUT2D eigenvalue weighted by molar-refractivity contribution is 6.04. The monoisotopic (exact) mass is 229 g/mol. The quantitative estimate of drug-likeness (QED) is 0.849. The van der Waals surface area contributed by atoms with Crippen LogP contribution < -0.4 is 5.32 Å². The van der Waals surface area contributed by atoms with Gasteiger partial charge in [0.25, 0.3) is 5.91 Å². The van der Waals surface area contributed by atoms with Crippen molar-refractivity contribution in [1.29, 1.82) is 0 Å². The molecule has 0 bridgehead atoms. The van der Waals surface area contributed by atoms with Gasteiger partial charge in [-0.3, -0.25) is 9.89 Å². The van der Waals surface area contributed by atoms with Crippen LogP contribution in [0.1, 0.15) is 28.4 Å². The van der Waals surface area contributed by atoms with Crippen LogP contribution in [0.3, 0.4) is 0 Å². The third-order valence-electron chi connectivity index (χ3n) is 2.74. The van der Waals surface area contributed by atoms with Crippen molar-refractivity contribution in [3.8, 4) is 0 Å². The minimum atomic E-state index is -0.136. The molecule has 1 amide bonds. The molecule has 0 radical (unpaired) electrons. The van der Waals surface area contributed by atoms with E-state index in [0.717, 1.165) is 23.2 Å². The standard InChI is InChI=1S/C13H15N3O/c1-3-10-6-4-5-9(2)12(10)16-13(17)11-7-14-15-8-11/h4-8H,3H2,1-2H3,(H,14,15)(H,16,17). The van der Waals surface area contributed by atoms with Crippen LogP contribution in [0.5, 0.6) is 0 Å². The lowest BCUT2D eigenvalue weighted by Gasteiger charge is -2.12. The van der Waals surface area contributed by atoms with Crippen molar-refractivity contribution in [2.75, 3.05) is 5.32 Å². The van der Waals surface area contributed by atoms with Gasteiger partial charge in [0.2, 0.25) is 0 Å². The Labute approximate surface area is 100 Å². The highest BCUT2D eigenvalue weighted by Gasteiger charge is 2.10. The van der Waals surface area contributed by atoms with Crippen molar-refractivity contribution in [3.05, 3.63) is 47.3 Å². The first-order chi connectivity index (χ1) is 8.22. The Kier molecular flexibility index (Phi) is 3.23. The molecule has 2 rings (SSSR count). The van der Waals surface area contributed by atoms with Crippen LogP contribution >= 0.6 is 0 Å². The summed E-state index contributed by atoms with van der Waals surface area (Å²) in [4.78, 5) is 11.9. The molecule has 0 atom stereocenters. The zero-order valence-corrected chi connectivity index (χ0v) is 9.95. The average molecular weight is 229 g/mol. The summed E-state index contributed by atoms with van der Waals surface area (Å²) < 4.78 is 0. The van der Waals surface area contributed by atoms with Crippen molar-refractivity contribution >= 4 is 11.6 Å². The lowest BCUT2D eigenvalue weighted by Crippen LogP contribution is -2.13. The molecule has 4 nitrogen and oxygen atoms in total. The van der Waals surface area contributed by atoms with Crippen molar-refractivity contribution in [2.45, 2.75) is 20.3 Å². The molecule has 4 heteroatoms. The second kappa shape index (κ2) is 4.82. The third kappa shape index (κ3) is 2.36. The minimum absolute atomic E-state index is 0.136. The Balaban J connectivity index is 2.27. The number of nitrogens with zero attached hydrogens (tertiary/aromatic N) is 1. The van der Waals surface area contributed by atoms with E-state index in [4.69, 9.17) is 0 Å². The molecule has 0 saturated carbocycles. The molecule has 17 heavy (non-hydrogen) atoms. The first kappa shape index (κ1) is 11.4. The highest BCUT2D eigenvalue weighted by Crippen LogP contribution is 2.21. The number of aromatic amines is 1. The number of aryl methyl sites for hydroxylation is 2.